The van der Waals surface area contributed by atoms with Crippen LogP contribution in [0.3, 0.4) is 0 Å². The van der Waals surface area contributed by atoms with E-state index in [9.17, 15) is 4.79 Å². The summed E-state index contributed by atoms with van der Waals surface area (Å²) in [6.45, 7) is 5.37. The van der Waals surface area contributed by atoms with Gasteiger partial charge in [0.1, 0.15) is 11.6 Å². The van der Waals surface area contributed by atoms with Crippen molar-refractivity contribution in [3.63, 3.8) is 0 Å². The summed E-state index contributed by atoms with van der Waals surface area (Å²) in [7, 11) is 1.65. The zero-order chi connectivity index (χ0) is 26.8. The maximum absolute atomic E-state index is 12.5. The number of thiophene rings is 1. The third kappa shape index (κ3) is 5.33. The van der Waals surface area contributed by atoms with Gasteiger partial charge in [-0.15, -0.1) is 11.3 Å². The molecule has 5 heterocycles. The van der Waals surface area contributed by atoms with E-state index in [1.807, 2.05) is 54.3 Å². The van der Waals surface area contributed by atoms with Gasteiger partial charge in [-0.05, 0) is 41.6 Å². The fourth-order valence-electron chi connectivity index (χ4n) is 5.03. The maximum Gasteiger partial charge on any atom is 0.231 e. The molecule has 0 bridgehead atoms. The van der Waals surface area contributed by atoms with Crippen LogP contribution in [0.5, 0.6) is 5.75 Å². The van der Waals surface area contributed by atoms with Crippen LogP contribution < -0.4 is 25.2 Å². The standard InChI is InChI=1S/C28H31N7O2S2/c1-3-25(36)30-20-15-21(23(37-2)16-22(20)34-10-13-38-14-11-34)31-28-32-26-19(5-4-8-29-26)27(33-28)35-9-6-24-18(17-35)7-12-39-24/h4-5,7-8,12,15-16H,3,6,9-11,13-14,17H2,1-2H3,(H,30,36)(H,29,31,32,33). The predicted octanol–water partition coefficient (Wildman–Crippen LogP) is 5.30. The number of hydrogen-bond acceptors (Lipinski definition) is 10. The van der Waals surface area contributed by atoms with Gasteiger partial charge in [-0.1, -0.05) is 6.92 Å². The number of benzene rings is 1. The number of hydrogen-bond donors (Lipinski definition) is 2. The third-order valence-corrected chi connectivity index (χ3v) is 9.04. The Kier molecular flexibility index (Phi) is 7.43. The van der Waals surface area contributed by atoms with Gasteiger partial charge in [-0.25, -0.2) is 4.98 Å². The number of rotatable bonds is 7. The number of methoxy groups -OCH3 is 1. The number of amides is 1. The number of nitrogens with one attached hydrogen (secondary N) is 2. The van der Waals surface area contributed by atoms with Crippen LogP contribution in [0.4, 0.5) is 28.8 Å². The normalized spacial score (nSPS) is 15.2. The van der Waals surface area contributed by atoms with Crippen LogP contribution in [-0.2, 0) is 17.8 Å². The second-order valence-corrected chi connectivity index (χ2v) is 11.7. The molecule has 0 spiro atoms. The van der Waals surface area contributed by atoms with Crippen LogP contribution in [0.1, 0.15) is 23.8 Å². The van der Waals surface area contributed by atoms with Gasteiger partial charge in [0.25, 0.3) is 0 Å². The second kappa shape index (κ2) is 11.3. The first kappa shape index (κ1) is 25.7. The van der Waals surface area contributed by atoms with E-state index >= 15 is 0 Å². The van der Waals surface area contributed by atoms with E-state index in [2.05, 4.69) is 36.9 Å². The molecule has 3 aromatic heterocycles. The average Bonchev–Trinajstić information content (AvgIpc) is 3.45. The van der Waals surface area contributed by atoms with Crippen LogP contribution in [-0.4, -0.2) is 59.1 Å². The quantitative estimate of drug-likeness (QED) is 0.312. The molecule has 0 aliphatic carbocycles. The Hall–Kier alpha value is -3.57. The summed E-state index contributed by atoms with van der Waals surface area (Å²) in [6.07, 6.45) is 3.14. The Balaban J connectivity index is 1.39. The minimum Gasteiger partial charge on any atom is -0.494 e. The lowest BCUT2D eigenvalue weighted by Gasteiger charge is -2.31. The number of carbonyl (C=O) groups excluding carboxylic acids is 1. The third-order valence-electron chi connectivity index (χ3n) is 7.07. The molecule has 6 rings (SSSR count). The summed E-state index contributed by atoms with van der Waals surface area (Å²) in [5.74, 6) is 4.00. The number of fused-ring (bicyclic) bond motifs is 2. The van der Waals surface area contributed by atoms with E-state index in [1.54, 1.807) is 13.3 Å². The Morgan fingerprint density at radius 2 is 1.97 bits per heavy atom. The fraction of sp³-hybridized carbons (Fsp3) is 0.357. The highest BCUT2D eigenvalue weighted by molar-refractivity contribution is 7.99. The number of thioether (sulfide) groups is 1. The van der Waals surface area contributed by atoms with Crippen LogP contribution in [0.15, 0.2) is 41.9 Å². The minimum atomic E-state index is -0.0370. The van der Waals surface area contributed by atoms with Crippen molar-refractivity contribution in [2.45, 2.75) is 26.3 Å². The number of aromatic nitrogens is 3. The maximum atomic E-state index is 12.5. The zero-order valence-corrected chi connectivity index (χ0v) is 23.7. The van der Waals surface area contributed by atoms with Gasteiger partial charge in [-0.3, -0.25) is 4.79 Å². The lowest BCUT2D eigenvalue weighted by molar-refractivity contribution is -0.115. The van der Waals surface area contributed by atoms with Gasteiger partial charge >= 0.3 is 0 Å². The smallest absolute Gasteiger partial charge is 0.231 e. The molecule has 11 heteroatoms. The first-order valence-corrected chi connectivity index (χ1v) is 15.2. The molecular formula is C28H31N7O2S2. The zero-order valence-electron chi connectivity index (χ0n) is 22.1. The minimum absolute atomic E-state index is 0.0370. The summed E-state index contributed by atoms with van der Waals surface area (Å²) in [6, 6.07) is 10.1. The van der Waals surface area contributed by atoms with Crippen LogP contribution >= 0.6 is 23.1 Å². The van der Waals surface area contributed by atoms with Gasteiger partial charge < -0.3 is 25.2 Å². The highest BCUT2D eigenvalue weighted by Gasteiger charge is 2.23. The molecule has 0 saturated carbocycles. The van der Waals surface area contributed by atoms with Gasteiger partial charge in [0.2, 0.25) is 11.9 Å². The Morgan fingerprint density at radius 1 is 1.10 bits per heavy atom. The van der Waals surface area contributed by atoms with E-state index in [-0.39, 0.29) is 5.91 Å². The molecule has 9 nitrogen and oxygen atoms in total. The molecular weight excluding hydrogens is 530 g/mol. The molecule has 0 radical (unpaired) electrons. The molecule has 2 aliphatic rings. The van der Waals surface area contributed by atoms with Gasteiger partial charge in [0.15, 0.2) is 5.65 Å². The Morgan fingerprint density at radius 3 is 2.79 bits per heavy atom. The lowest BCUT2D eigenvalue weighted by atomic mass is 10.1. The topological polar surface area (TPSA) is 95.5 Å². The fourth-order valence-corrected chi connectivity index (χ4v) is 6.83. The van der Waals surface area contributed by atoms with Gasteiger partial charge in [-0.2, -0.15) is 21.7 Å². The first-order valence-electron chi connectivity index (χ1n) is 13.2. The van der Waals surface area contributed by atoms with Crippen LogP contribution in [0.25, 0.3) is 11.0 Å². The second-order valence-electron chi connectivity index (χ2n) is 9.48. The van der Waals surface area contributed by atoms with E-state index in [4.69, 9.17) is 14.7 Å². The number of ether oxygens (including phenoxy) is 1. The van der Waals surface area contributed by atoms with Crippen molar-refractivity contribution in [2.24, 2.45) is 0 Å². The number of pyridine rings is 1. The number of anilines is 5. The molecule has 1 aromatic carbocycles. The van der Waals surface area contributed by atoms with Crippen molar-refractivity contribution in [2.75, 3.05) is 58.7 Å². The molecule has 1 saturated heterocycles. The van der Waals surface area contributed by atoms with E-state index in [0.29, 0.717) is 29.5 Å². The van der Waals surface area contributed by atoms with E-state index in [0.717, 1.165) is 66.7 Å². The van der Waals surface area contributed by atoms with Crippen molar-refractivity contribution in [1.82, 2.24) is 15.0 Å². The van der Waals surface area contributed by atoms with Crippen molar-refractivity contribution in [3.05, 3.63) is 52.3 Å². The molecule has 202 valence electrons. The molecule has 2 N–H and O–H groups in total. The Labute approximate surface area is 236 Å². The number of carbonyl (C=O) groups is 1. The summed E-state index contributed by atoms with van der Waals surface area (Å²) in [5, 5.41) is 9.56. The molecule has 1 amide bonds. The lowest BCUT2D eigenvalue weighted by Crippen LogP contribution is -2.33. The van der Waals surface area contributed by atoms with Gasteiger partial charge in [0.05, 0.1) is 29.6 Å². The molecule has 2 aliphatic heterocycles. The SMILES string of the molecule is CCC(=O)Nc1cc(Nc2nc(N3CCc4sccc4C3)c3cccnc3n2)c(OC)cc1N1CCSCC1. The van der Waals surface area contributed by atoms with E-state index in [1.165, 1.54) is 10.4 Å². The largest absolute Gasteiger partial charge is 0.494 e. The van der Waals surface area contributed by atoms with Crippen molar-refractivity contribution in [1.29, 1.82) is 0 Å². The highest BCUT2D eigenvalue weighted by Crippen LogP contribution is 2.40. The number of nitrogens with zero attached hydrogens (tertiary/aromatic N) is 5. The summed E-state index contributed by atoms with van der Waals surface area (Å²) >= 11 is 3.77. The molecule has 0 atom stereocenters. The van der Waals surface area contributed by atoms with Crippen LogP contribution in [0.2, 0.25) is 0 Å². The van der Waals surface area contributed by atoms with Crippen molar-refractivity contribution in [3.8, 4) is 5.75 Å². The molecule has 1 fully saturated rings. The molecule has 4 aromatic rings. The summed E-state index contributed by atoms with van der Waals surface area (Å²) < 4.78 is 5.81. The average molecular weight is 562 g/mol. The Bertz CT molecular complexity index is 1500. The summed E-state index contributed by atoms with van der Waals surface area (Å²) in [4.78, 5) is 32.8. The molecule has 39 heavy (non-hydrogen) atoms. The predicted molar refractivity (Wildman–Crippen MR) is 161 cm³/mol. The first-order chi connectivity index (χ1) is 19.1. The van der Waals surface area contributed by atoms with Crippen molar-refractivity contribution >= 4 is 68.9 Å². The van der Waals surface area contributed by atoms with Crippen LogP contribution in [0, 0.1) is 0 Å². The highest BCUT2D eigenvalue weighted by atomic mass is 32.2. The molecule has 0 unspecified atom stereocenters. The van der Waals surface area contributed by atoms with Gasteiger partial charge in [0, 0.05) is 61.2 Å². The van der Waals surface area contributed by atoms with Crippen molar-refractivity contribution < 1.29 is 9.53 Å². The summed E-state index contributed by atoms with van der Waals surface area (Å²) in [5.41, 5.74) is 4.36. The monoisotopic (exact) mass is 561 g/mol. The van der Waals surface area contributed by atoms with E-state index < -0.39 is 0 Å².